The molecule has 3 N–H and O–H groups in total. The molecule has 1 aromatic rings. The highest BCUT2D eigenvalue weighted by Crippen LogP contribution is 2.12. The van der Waals surface area contributed by atoms with Crippen LogP contribution in [0.3, 0.4) is 0 Å². The number of aryl methyl sites for hydroxylation is 1. The predicted molar refractivity (Wildman–Crippen MR) is 62.7 cm³/mol. The summed E-state index contributed by atoms with van der Waals surface area (Å²) in [6.07, 6.45) is 5.25. The topological polar surface area (TPSA) is 72.9 Å². The minimum Gasteiger partial charge on any atom is -0.368 e. The average Bonchev–Trinajstić information content (AvgIpc) is 2.70. The number of hydrogen-bond acceptors (Lipinski definition) is 3. The van der Waals surface area contributed by atoms with Crippen LogP contribution in [0.15, 0.2) is 18.5 Å². The molecule has 1 atom stereocenters. The fraction of sp³-hybridized carbons (Fsp3) is 0.636. The number of aromatic nitrogens is 2. The maximum absolute atomic E-state index is 11.3. The standard InChI is InChI=1S/C11H20N4O/c1-3-13-11(2,10(12)16)6-4-8-15-9-5-7-14-15/h5,7,9,13H,3-4,6,8H2,1-2H3,(H2,12,16). The summed E-state index contributed by atoms with van der Waals surface area (Å²) in [4.78, 5) is 11.3. The lowest BCUT2D eigenvalue weighted by Crippen LogP contribution is -2.53. The molecule has 90 valence electrons. The SMILES string of the molecule is CCNC(C)(CCCn1cccn1)C(N)=O. The van der Waals surface area contributed by atoms with E-state index in [1.54, 1.807) is 6.20 Å². The molecular weight excluding hydrogens is 204 g/mol. The summed E-state index contributed by atoms with van der Waals surface area (Å²) in [7, 11) is 0. The number of carbonyl (C=O) groups is 1. The van der Waals surface area contributed by atoms with Gasteiger partial charge in [0.1, 0.15) is 0 Å². The summed E-state index contributed by atoms with van der Waals surface area (Å²) in [6, 6.07) is 1.89. The maximum atomic E-state index is 11.3. The van der Waals surface area contributed by atoms with Crippen molar-refractivity contribution in [3.63, 3.8) is 0 Å². The van der Waals surface area contributed by atoms with E-state index in [1.807, 2.05) is 30.8 Å². The van der Waals surface area contributed by atoms with Crippen LogP contribution in [0, 0.1) is 0 Å². The maximum Gasteiger partial charge on any atom is 0.237 e. The van der Waals surface area contributed by atoms with Crippen molar-refractivity contribution in [3.05, 3.63) is 18.5 Å². The van der Waals surface area contributed by atoms with Gasteiger partial charge in [-0.1, -0.05) is 6.92 Å². The smallest absolute Gasteiger partial charge is 0.237 e. The number of primary amides is 1. The second-order valence-corrected chi connectivity index (χ2v) is 4.10. The molecular formula is C11H20N4O. The molecule has 1 unspecified atom stereocenters. The molecule has 0 saturated heterocycles. The predicted octanol–water partition coefficient (Wildman–Crippen LogP) is 0.517. The van der Waals surface area contributed by atoms with Crippen LogP contribution in [0.2, 0.25) is 0 Å². The lowest BCUT2D eigenvalue weighted by molar-refractivity contribution is -0.124. The average molecular weight is 224 g/mol. The van der Waals surface area contributed by atoms with Crippen molar-refractivity contribution in [2.45, 2.75) is 38.8 Å². The molecule has 1 heterocycles. The van der Waals surface area contributed by atoms with E-state index in [0.717, 1.165) is 25.9 Å². The van der Waals surface area contributed by atoms with Crippen molar-refractivity contribution in [1.29, 1.82) is 0 Å². The molecule has 0 spiro atoms. The Bertz CT molecular complexity index is 323. The molecule has 0 aliphatic carbocycles. The Morgan fingerprint density at radius 2 is 2.38 bits per heavy atom. The summed E-state index contributed by atoms with van der Waals surface area (Å²) < 4.78 is 1.85. The van der Waals surface area contributed by atoms with Crippen LogP contribution in [0.5, 0.6) is 0 Å². The zero-order valence-electron chi connectivity index (χ0n) is 9.94. The first-order valence-corrected chi connectivity index (χ1v) is 5.61. The third-order valence-electron chi connectivity index (χ3n) is 2.73. The van der Waals surface area contributed by atoms with Crippen molar-refractivity contribution in [3.8, 4) is 0 Å². The monoisotopic (exact) mass is 224 g/mol. The van der Waals surface area contributed by atoms with Crippen molar-refractivity contribution in [2.75, 3.05) is 6.54 Å². The van der Waals surface area contributed by atoms with E-state index in [-0.39, 0.29) is 5.91 Å². The van der Waals surface area contributed by atoms with E-state index in [9.17, 15) is 4.79 Å². The van der Waals surface area contributed by atoms with Gasteiger partial charge >= 0.3 is 0 Å². The summed E-state index contributed by atoms with van der Waals surface area (Å²) in [5.74, 6) is -0.296. The third-order valence-corrected chi connectivity index (χ3v) is 2.73. The van der Waals surface area contributed by atoms with Crippen LogP contribution in [0.4, 0.5) is 0 Å². The van der Waals surface area contributed by atoms with Crippen LogP contribution in [-0.4, -0.2) is 27.8 Å². The van der Waals surface area contributed by atoms with E-state index < -0.39 is 5.54 Å². The van der Waals surface area contributed by atoms with Crippen LogP contribution in [0.25, 0.3) is 0 Å². The van der Waals surface area contributed by atoms with Crippen LogP contribution in [0.1, 0.15) is 26.7 Å². The van der Waals surface area contributed by atoms with Gasteiger partial charge in [-0.25, -0.2) is 0 Å². The van der Waals surface area contributed by atoms with Crippen LogP contribution in [-0.2, 0) is 11.3 Å². The minimum absolute atomic E-state index is 0.296. The second kappa shape index (κ2) is 5.65. The Hall–Kier alpha value is -1.36. The van der Waals surface area contributed by atoms with Crippen LogP contribution >= 0.6 is 0 Å². The van der Waals surface area contributed by atoms with E-state index in [1.165, 1.54) is 0 Å². The van der Waals surface area contributed by atoms with Crippen molar-refractivity contribution < 1.29 is 4.79 Å². The van der Waals surface area contributed by atoms with Gasteiger partial charge in [0.15, 0.2) is 0 Å². The number of hydrogen-bond donors (Lipinski definition) is 2. The Labute approximate surface area is 96.0 Å². The number of nitrogens with two attached hydrogens (primary N) is 1. The molecule has 0 aliphatic heterocycles. The number of amides is 1. The van der Waals surface area contributed by atoms with Gasteiger partial charge < -0.3 is 11.1 Å². The molecule has 0 aliphatic rings. The highest BCUT2D eigenvalue weighted by Gasteiger charge is 2.28. The van der Waals surface area contributed by atoms with Crippen molar-refractivity contribution >= 4 is 5.91 Å². The summed E-state index contributed by atoms with van der Waals surface area (Å²) in [6.45, 7) is 5.36. The van der Waals surface area contributed by atoms with E-state index in [0.29, 0.717) is 0 Å². The molecule has 1 rings (SSSR count). The largest absolute Gasteiger partial charge is 0.368 e. The van der Waals surface area contributed by atoms with Crippen molar-refractivity contribution in [1.82, 2.24) is 15.1 Å². The molecule has 5 nitrogen and oxygen atoms in total. The van der Waals surface area contributed by atoms with E-state index >= 15 is 0 Å². The lowest BCUT2D eigenvalue weighted by Gasteiger charge is -2.26. The highest BCUT2D eigenvalue weighted by atomic mass is 16.1. The normalized spacial score (nSPS) is 14.6. The third kappa shape index (κ3) is 3.34. The van der Waals surface area contributed by atoms with E-state index in [4.69, 9.17) is 5.73 Å². The van der Waals surface area contributed by atoms with Gasteiger partial charge in [0.2, 0.25) is 5.91 Å². The zero-order valence-corrected chi connectivity index (χ0v) is 9.94. The zero-order chi connectivity index (χ0) is 12.0. The van der Waals surface area contributed by atoms with Crippen LogP contribution < -0.4 is 11.1 Å². The van der Waals surface area contributed by atoms with Crippen molar-refractivity contribution in [2.24, 2.45) is 5.73 Å². The Kier molecular flexibility index (Phi) is 4.49. The van der Waals surface area contributed by atoms with Gasteiger partial charge in [-0.2, -0.15) is 5.10 Å². The highest BCUT2D eigenvalue weighted by molar-refractivity contribution is 5.84. The number of rotatable bonds is 7. The quantitative estimate of drug-likeness (QED) is 0.709. The van der Waals surface area contributed by atoms with Gasteiger partial charge in [0.25, 0.3) is 0 Å². The number of nitrogens with one attached hydrogen (secondary N) is 1. The first-order chi connectivity index (χ1) is 7.58. The molecule has 0 fully saturated rings. The van der Waals surface area contributed by atoms with E-state index in [2.05, 4.69) is 10.4 Å². The van der Waals surface area contributed by atoms with Gasteiger partial charge in [-0.3, -0.25) is 9.48 Å². The fourth-order valence-electron chi connectivity index (χ4n) is 1.72. The first kappa shape index (κ1) is 12.7. The molecule has 16 heavy (non-hydrogen) atoms. The molecule has 1 aromatic heterocycles. The van der Waals surface area contributed by atoms with Gasteiger partial charge in [0.05, 0.1) is 5.54 Å². The van der Waals surface area contributed by atoms with Gasteiger partial charge in [-0.05, 0) is 32.4 Å². The Morgan fingerprint density at radius 1 is 1.62 bits per heavy atom. The second-order valence-electron chi connectivity index (χ2n) is 4.10. The molecule has 5 heteroatoms. The molecule has 0 radical (unpaired) electrons. The summed E-state index contributed by atoms with van der Waals surface area (Å²) in [5, 5.41) is 7.24. The first-order valence-electron chi connectivity index (χ1n) is 5.61. The Balaban J connectivity index is 2.41. The summed E-state index contributed by atoms with van der Waals surface area (Å²) in [5.41, 5.74) is 4.78. The van der Waals surface area contributed by atoms with Gasteiger partial charge in [0, 0.05) is 18.9 Å². The lowest BCUT2D eigenvalue weighted by atomic mass is 9.95. The summed E-state index contributed by atoms with van der Waals surface area (Å²) >= 11 is 0. The molecule has 1 amide bonds. The number of carbonyl (C=O) groups excluding carboxylic acids is 1. The molecule has 0 bridgehead atoms. The molecule has 0 aromatic carbocycles. The minimum atomic E-state index is -0.609. The number of likely N-dealkylation sites (N-methyl/N-ethyl adjacent to an activating group) is 1. The number of nitrogens with zero attached hydrogens (tertiary/aromatic N) is 2. The van der Waals surface area contributed by atoms with Gasteiger partial charge in [-0.15, -0.1) is 0 Å². The Morgan fingerprint density at radius 3 is 2.88 bits per heavy atom. The molecule has 0 saturated carbocycles. The fourth-order valence-corrected chi connectivity index (χ4v) is 1.72.